The van der Waals surface area contributed by atoms with Crippen LogP contribution in [0.15, 0.2) is 24.3 Å². The summed E-state index contributed by atoms with van der Waals surface area (Å²) < 4.78 is 0. The molecule has 17 heavy (non-hydrogen) atoms. The van der Waals surface area contributed by atoms with E-state index in [-0.39, 0.29) is 0 Å². The zero-order valence-corrected chi connectivity index (χ0v) is 10.5. The molecule has 1 aromatic rings. The van der Waals surface area contributed by atoms with Crippen LogP contribution in [0.1, 0.15) is 18.4 Å². The van der Waals surface area contributed by atoms with Crippen molar-refractivity contribution in [1.82, 2.24) is 4.90 Å². The molecule has 0 bridgehead atoms. The van der Waals surface area contributed by atoms with Gasteiger partial charge in [-0.25, -0.2) is 0 Å². The Labute approximate surface area is 103 Å². The molecule has 3 heteroatoms. The first-order chi connectivity index (χ1) is 8.13. The summed E-state index contributed by atoms with van der Waals surface area (Å²) in [6.45, 7) is 3.94. The molecular weight excluding hydrogens is 210 g/mol. The summed E-state index contributed by atoms with van der Waals surface area (Å²) in [5, 5.41) is 12.9. The van der Waals surface area contributed by atoms with Crippen LogP contribution in [0, 0.1) is 18.3 Å². The Balaban J connectivity index is 2.17. The second kappa shape index (κ2) is 4.77. The summed E-state index contributed by atoms with van der Waals surface area (Å²) in [6.07, 6.45) is 1.99. The van der Waals surface area contributed by atoms with Crippen molar-refractivity contribution in [3.63, 3.8) is 0 Å². The molecule has 0 aliphatic carbocycles. The van der Waals surface area contributed by atoms with E-state index in [4.69, 9.17) is 0 Å². The van der Waals surface area contributed by atoms with Crippen LogP contribution >= 0.6 is 0 Å². The van der Waals surface area contributed by atoms with Crippen molar-refractivity contribution in [2.45, 2.75) is 25.3 Å². The zero-order chi connectivity index (χ0) is 12.3. The van der Waals surface area contributed by atoms with Crippen LogP contribution in [0.5, 0.6) is 0 Å². The molecule has 3 nitrogen and oxygen atoms in total. The molecule has 0 saturated carbocycles. The third-order valence-electron chi connectivity index (χ3n) is 3.30. The normalized spacial score (nSPS) is 25.2. The Morgan fingerprint density at radius 2 is 2.29 bits per heavy atom. The Bertz CT molecular complexity index is 435. The fourth-order valence-corrected chi connectivity index (χ4v) is 2.49. The number of aryl methyl sites for hydroxylation is 1. The van der Waals surface area contributed by atoms with E-state index in [1.807, 2.05) is 12.1 Å². The fraction of sp³-hybridized carbons (Fsp3) is 0.500. The number of nitrogens with zero attached hydrogens (tertiary/aromatic N) is 2. The average Bonchev–Trinajstić information content (AvgIpc) is 2.29. The lowest BCUT2D eigenvalue weighted by molar-refractivity contribution is 0.227. The van der Waals surface area contributed by atoms with Gasteiger partial charge in [-0.2, -0.15) is 5.26 Å². The molecule has 0 amide bonds. The van der Waals surface area contributed by atoms with Crippen LogP contribution in [0.3, 0.4) is 0 Å². The lowest BCUT2D eigenvalue weighted by Crippen LogP contribution is -2.50. The van der Waals surface area contributed by atoms with E-state index in [9.17, 15) is 5.26 Å². The van der Waals surface area contributed by atoms with E-state index in [2.05, 4.69) is 42.4 Å². The van der Waals surface area contributed by atoms with Crippen LogP contribution in [-0.2, 0) is 0 Å². The number of nitriles is 1. The lowest BCUT2D eigenvalue weighted by Gasteiger charge is -2.37. The van der Waals surface area contributed by atoms with Gasteiger partial charge in [0, 0.05) is 12.2 Å². The minimum absolute atomic E-state index is 0.430. The standard InChI is InChI=1S/C14H19N3/c1-12-5-3-6-13(9-12)16-14(10-15)7-4-8-17(2)11-14/h3,5-6,9,16H,4,7-8,11H2,1-2H3. The maximum atomic E-state index is 9.45. The van der Waals surface area contributed by atoms with Crippen molar-refractivity contribution in [3.05, 3.63) is 29.8 Å². The highest BCUT2D eigenvalue weighted by Gasteiger charge is 2.34. The summed E-state index contributed by atoms with van der Waals surface area (Å²) in [7, 11) is 2.07. The van der Waals surface area contributed by atoms with Crippen molar-refractivity contribution in [2.24, 2.45) is 0 Å². The third-order valence-corrected chi connectivity index (χ3v) is 3.30. The molecule has 1 saturated heterocycles. The van der Waals surface area contributed by atoms with Gasteiger partial charge in [0.15, 0.2) is 0 Å². The molecule has 1 unspecified atom stereocenters. The monoisotopic (exact) mass is 229 g/mol. The first-order valence-electron chi connectivity index (χ1n) is 6.08. The predicted molar refractivity (Wildman–Crippen MR) is 69.9 cm³/mol. The van der Waals surface area contributed by atoms with Crippen molar-refractivity contribution in [1.29, 1.82) is 5.26 Å². The van der Waals surface area contributed by atoms with Gasteiger partial charge in [-0.3, -0.25) is 0 Å². The number of benzene rings is 1. The van der Waals surface area contributed by atoms with E-state index in [0.717, 1.165) is 31.6 Å². The molecule has 1 fully saturated rings. The number of rotatable bonds is 2. The number of likely N-dealkylation sites (tertiary alicyclic amines) is 1. The molecule has 1 atom stereocenters. The van der Waals surface area contributed by atoms with Crippen molar-refractivity contribution >= 4 is 5.69 Å². The molecule has 0 spiro atoms. The summed E-state index contributed by atoms with van der Waals surface area (Å²) >= 11 is 0. The quantitative estimate of drug-likeness (QED) is 0.846. The number of hydrogen-bond acceptors (Lipinski definition) is 3. The molecule has 0 aromatic heterocycles. The highest BCUT2D eigenvalue weighted by molar-refractivity contribution is 5.50. The van der Waals surface area contributed by atoms with Gasteiger partial charge in [0.1, 0.15) is 5.54 Å². The van der Waals surface area contributed by atoms with Gasteiger partial charge in [-0.15, -0.1) is 0 Å². The van der Waals surface area contributed by atoms with Gasteiger partial charge in [0.2, 0.25) is 0 Å². The smallest absolute Gasteiger partial charge is 0.138 e. The molecule has 2 rings (SSSR count). The molecule has 1 aliphatic heterocycles. The largest absolute Gasteiger partial charge is 0.366 e. The van der Waals surface area contributed by atoms with Crippen LogP contribution in [0.25, 0.3) is 0 Å². The van der Waals surface area contributed by atoms with Crippen LogP contribution < -0.4 is 5.32 Å². The van der Waals surface area contributed by atoms with Gasteiger partial charge in [0.25, 0.3) is 0 Å². The highest BCUT2D eigenvalue weighted by Crippen LogP contribution is 2.25. The lowest BCUT2D eigenvalue weighted by atomic mass is 9.90. The van der Waals surface area contributed by atoms with Crippen LogP contribution in [0.2, 0.25) is 0 Å². The second-order valence-corrected chi connectivity index (χ2v) is 5.03. The van der Waals surface area contributed by atoms with Gasteiger partial charge in [-0.1, -0.05) is 12.1 Å². The van der Waals surface area contributed by atoms with E-state index in [0.29, 0.717) is 0 Å². The fourth-order valence-electron chi connectivity index (χ4n) is 2.49. The number of anilines is 1. The van der Waals surface area contributed by atoms with Crippen LogP contribution in [-0.4, -0.2) is 30.6 Å². The highest BCUT2D eigenvalue weighted by atomic mass is 15.2. The molecule has 90 valence electrons. The Hall–Kier alpha value is -1.53. The summed E-state index contributed by atoms with van der Waals surface area (Å²) in [5.41, 5.74) is 1.83. The maximum absolute atomic E-state index is 9.45. The first-order valence-corrected chi connectivity index (χ1v) is 6.08. The van der Waals surface area contributed by atoms with Crippen molar-refractivity contribution in [3.8, 4) is 6.07 Å². The zero-order valence-electron chi connectivity index (χ0n) is 10.5. The number of nitrogens with one attached hydrogen (secondary N) is 1. The van der Waals surface area contributed by atoms with Gasteiger partial charge in [-0.05, 0) is 51.1 Å². The molecular formula is C14H19N3. The average molecular weight is 229 g/mol. The van der Waals surface area contributed by atoms with E-state index in [1.54, 1.807) is 0 Å². The SMILES string of the molecule is Cc1cccc(NC2(C#N)CCCN(C)C2)c1. The Kier molecular flexibility index (Phi) is 3.35. The van der Waals surface area contributed by atoms with Gasteiger partial charge < -0.3 is 10.2 Å². The first kappa shape index (κ1) is 11.9. The number of piperidine rings is 1. The minimum Gasteiger partial charge on any atom is -0.366 e. The van der Waals surface area contributed by atoms with Crippen molar-refractivity contribution in [2.75, 3.05) is 25.5 Å². The molecule has 0 radical (unpaired) electrons. The summed E-state index contributed by atoms with van der Waals surface area (Å²) in [4.78, 5) is 2.22. The van der Waals surface area contributed by atoms with Crippen LogP contribution in [0.4, 0.5) is 5.69 Å². The molecule has 1 N–H and O–H groups in total. The van der Waals surface area contributed by atoms with Crippen molar-refractivity contribution < 1.29 is 0 Å². The summed E-state index contributed by atoms with van der Waals surface area (Å²) in [6, 6.07) is 10.7. The Morgan fingerprint density at radius 3 is 2.94 bits per heavy atom. The molecule has 1 heterocycles. The number of likely N-dealkylation sites (N-methyl/N-ethyl adjacent to an activating group) is 1. The minimum atomic E-state index is -0.430. The maximum Gasteiger partial charge on any atom is 0.138 e. The van der Waals surface area contributed by atoms with Gasteiger partial charge in [0.05, 0.1) is 6.07 Å². The van der Waals surface area contributed by atoms with E-state index < -0.39 is 5.54 Å². The Morgan fingerprint density at radius 1 is 1.47 bits per heavy atom. The predicted octanol–water partition coefficient (Wildman–Crippen LogP) is 2.39. The van der Waals surface area contributed by atoms with E-state index >= 15 is 0 Å². The van der Waals surface area contributed by atoms with E-state index in [1.165, 1.54) is 5.56 Å². The topological polar surface area (TPSA) is 39.1 Å². The number of hydrogen-bond donors (Lipinski definition) is 1. The molecule has 1 aliphatic rings. The third kappa shape index (κ3) is 2.78. The summed E-state index contributed by atoms with van der Waals surface area (Å²) in [5.74, 6) is 0. The van der Waals surface area contributed by atoms with Gasteiger partial charge >= 0.3 is 0 Å². The molecule has 1 aromatic carbocycles. The second-order valence-electron chi connectivity index (χ2n) is 5.03.